The lowest BCUT2D eigenvalue weighted by Gasteiger charge is -2.04. The second kappa shape index (κ2) is 16.2. The summed E-state index contributed by atoms with van der Waals surface area (Å²) in [6.45, 7) is 2.05. The van der Waals surface area contributed by atoms with Gasteiger partial charge in [-0.05, 0) is 89.8 Å². The Hall–Kier alpha value is -6.34. The molecule has 0 aliphatic carbocycles. The van der Waals surface area contributed by atoms with Gasteiger partial charge >= 0.3 is 11.9 Å². The van der Waals surface area contributed by atoms with Crippen LogP contribution in [-0.2, 0) is 27.2 Å². The lowest BCUT2D eigenvalue weighted by molar-refractivity contribution is -0.142. The molecule has 0 aliphatic rings. The summed E-state index contributed by atoms with van der Waals surface area (Å²) in [7, 11) is 0. The first-order valence-corrected chi connectivity index (χ1v) is 16.6. The van der Waals surface area contributed by atoms with Crippen molar-refractivity contribution < 1.29 is 37.9 Å². The number of carboxylic acid groups (broad SMARTS) is 1. The average Bonchev–Trinajstić information content (AvgIpc) is 3.96. The van der Waals surface area contributed by atoms with Gasteiger partial charge < -0.3 is 18.7 Å². The number of esters is 1. The van der Waals surface area contributed by atoms with Crippen molar-refractivity contribution >= 4 is 46.2 Å². The number of furan rings is 2. The molecule has 0 unspecified atom stereocenters. The molecule has 50 heavy (non-hydrogen) atoms. The molecule has 0 spiro atoms. The Bertz CT molecular complexity index is 2210. The second-order valence-corrected chi connectivity index (χ2v) is 12.6. The molecule has 0 saturated heterocycles. The molecule has 4 heterocycles. The molecular weight excluding hydrogens is 677 g/mol. The number of ether oxygens (including phenoxy) is 1. The molecule has 248 valence electrons. The average molecular weight is 703 g/mol. The topological polar surface area (TPSA) is 172 Å². The van der Waals surface area contributed by atoms with Crippen LogP contribution in [0.2, 0.25) is 0 Å². The number of nitrogens with zero attached hydrogens (tertiary/aromatic N) is 2. The second-order valence-electron chi connectivity index (χ2n) is 10.5. The van der Waals surface area contributed by atoms with Crippen LogP contribution in [0.5, 0.6) is 0 Å². The van der Waals surface area contributed by atoms with Gasteiger partial charge in [-0.3, -0.25) is 19.2 Å². The predicted molar refractivity (Wildman–Crippen MR) is 185 cm³/mol. The van der Waals surface area contributed by atoms with Crippen molar-refractivity contribution in [1.29, 1.82) is 10.5 Å². The molecule has 0 atom stereocenters. The fourth-order valence-electron chi connectivity index (χ4n) is 4.81. The van der Waals surface area contributed by atoms with E-state index in [-0.39, 0.29) is 41.9 Å². The quantitative estimate of drug-likeness (QED) is 0.103. The summed E-state index contributed by atoms with van der Waals surface area (Å²) in [5.41, 5.74) is 3.95. The molecule has 4 aromatic heterocycles. The molecule has 0 amide bonds. The zero-order valence-electron chi connectivity index (χ0n) is 26.4. The molecule has 12 heteroatoms. The molecule has 6 aromatic rings. The number of carbonyl (C=O) groups excluding carboxylic acids is 3. The third-order valence-corrected chi connectivity index (χ3v) is 9.54. The number of carboxylic acids is 1. The van der Waals surface area contributed by atoms with Crippen LogP contribution >= 0.6 is 22.7 Å². The number of carbonyl (C=O) groups is 4. The zero-order chi connectivity index (χ0) is 35.6. The van der Waals surface area contributed by atoms with Gasteiger partial charge in [0.2, 0.25) is 11.6 Å². The van der Waals surface area contributed by atoms with Crippen molar-refractivity contribution in [3.05, 3.63) is 141 Å². The van der Waals surface area contributed by atoms with Crippen LogP contribution in [0.15, 0.2) is 106 Å². The molecule has 2 aromatic carbocycles. The third kappa shape index (κ3) is 8.38. The van der Waals surface area contributed by atoms with Crippen LogP contribution in [0.4, 0.5) is 0 Å². The molecule has 0 saturated carbocycles. The van der Waals surface area contributed by atoms with E-state index in [1.54, 1.807) is 91.9 Å². The first-order chi connectivity index (χ1) is 24.2. The number of ketones is 2. The third-order valence-electron chi connectivity index (χ3n) is 7.09. The highest BCUT2D eigenvalue weighted by Gasteiger charge is 2.22. The number of aliphatic carboxylic acids is 1. The van der Waals surface area contributed by atoms with E-state index in [2.05, 4.69) is 6.07 Å². The minimum Gasteiger partial charge on any atom is -0.481 e. The Balaban J connectivity index is 0.000000195. The molecule has 0 radical (unpaired) electrons. The number of benzene rings is 2. The van der Waals surface area contributed by atoms with Gasteiger partial charge in [0.15, 0.2) is 11.5 Å². The summed E-state index contributed by atoms with van der Waals surface area (Å²) >= 11 is 2.51. The number of hydrogen-bond acceptors (Lipinski definition) is 11. The van der Waals surface area contributed by atoms with E-state index in [4.69, 9.17) is 29.2 Å². The first-order valence-electron chi connectivity index (χ1n) is 15.0. The summed E-state index contributed by atoms with van der Waals surface area (Å²) < 4.78 is 15.3. The smallest absolute Gasteiger partial charge is 0.310 e. The lowest BCUT2D eigenvalue weighted by Crippen LogP contribution is -2.07. The normalized spacial score (nSPS) is 10.3. The molecule has 0 bridgehead atoms. The van der Waals surface area contributed by atoms with Crippen LogP contribution < -0.4 is 0 Å². The van der Waals surface area contributed by atoms with Gasteiger partial charge in [-0.2, -0.15) is 10.5 Å². The Morgan fingerprint density at radius 3 is 1.50 bits per heavy atom. The number of rotatable bonds is 11. The highest BCUT2D eigenvalue weighted by molar-refractivity contribution is 7.18. The summed E-state index contributed by atoms with van der Waals surface area (Å²) in [4.78, 5) is 50.5. The molecule has 1 N–H and O–H groups in total. The number of nitriles is 2. The van der Waals surface area contributed by atoms with Crippen LogP contribution in [0.25, 0.3) is 20.9 Å². The predicted octanol–water partition coefficient (Wildman–Crippen LogP) is 7.95. The highest BCUT2D eigenvalue weighted by Crippen LogP contribution is 2.36. The number of hydrogen-bond donors (Lipinski definition) is 1. The summed E-state index contributed by atoms with van der Waals surface area (Å²) in [5, 5.41) is 26.9. The minimum absolute atomic E-state index is 0.0745. The largest absolute Gasteiger partial charge is 0.481 e. The van der Waals surface area contributed by atoms with Crippen molar-refractivity contribution in [1.82, 2.24) is 0 Å². The van der Waals surface area contributed by atoms with Crippen molar-refractivity contribution in [3.63, 3.8) is 0 Å². The first kappa shape index (κ1) is 35.0. The summed E-state index contributed by atoms with van der Waals surface area (Å²) in [6.07, 6.45) is 2.75. The Morgan fingerprint density at radius 1 is 0.700 bits per heavy atom. The van der Waals surface area contributed by atoms with E-state index in [0.717, 1.165) is 16.0 Å². The molecule has 0 fully saturated rings. The highest BCUT2D eigenvalue weighted by atomic mass is 32.1. The standard InChI is InChI=1S/C20H15NO4S.C18H11NO4S/c1-2-24-18(22)11-15-10-17(19(23)16-4-3-9-25-16)26-20(15)14-7-5-13(12-21)6-8-14;19-10-11-3-5-12(6-4-11)18-13(9-16(20)21)8-15(24-18)17(22)14-2-1-7-23-14/h3-10H,2,11H2,1H3;1-8H,9H2,(H,20,21). The summed E-state index contributed by atoms with van der Waals surface area (Å²) in [5.74, 6) is -1.37. The summed E-state index contributed by atoms with van der Waals surface area (Å²) in [6, 6.07) is 27.7. The van der Waals surface area contributed by atoms with Gasteiger partial charge in [0.25, 0.3) is 0 Å². The van der Waals surface area contributed by atoms with E-state index >= 15 is 0 Å². The van der Waals surface area contributed by atoms with E-state index in [0.29, 0.717) is 43.5 Å². The molecule has 6 rings (SSSR count). The van der Waals surface area contributed by atoms with E-state index in [1.165, 1.54) is 35.2 Å². The maximum Gasteiger partial charge on any atom is 0.310 e. The van der Waals surface area contributed by atoms with Gasteiger partial charge in [-0.15, -0.1) is 22.7 Å². The zero-order valence-corrected chi connectivity index (χ0v) is 28.0. The van der Waals surface area contributed by atoms with Gasteiger partial charge in [-0.1, -0.05) is 24.3 Å². The monoisotopic (exact) mass is 702 g/mol. The van der Waals surface area contributed by atoms with E-state index in [1.807, 2.05) is 6.07 Å². The van der Waals surface area contributed by atoms with Crippen molar-refractivity contribution in [3.8, 4) is 33.0 Å². The maximum atomic E-state index is 12.6. The van der Waals surface area contributed by atoms with Gasteiger partial charge in [-0.25, -0.2) is 0 Å². The number of thiophene rings is 2. The van der Waals surface area contributed by atoms with Gasteiger partial charge in [0.05, 0.1) is 65.0 Å². The van der Waals surface area contributed by atoms with Crippen LogP contribution in [0, 0.1) is 22.7 Å². The van der Waals surface area contributed by atoms with Crippen molar-refractivity contribution in [2.24, 2.45) is 0 Å². The fourth-order valence-corrected chi connectivity index (χ4v) is 7.07. The molecule has 0 aliphatic heterocycles. The van der Waals surface area contributed by atoms with Crippen molar-refractivity contribution in [2.75, 3.05) is 6.61 Å². The maximum absolute atomic E-state index is 12.6. The van der Waals surface area contributed by atoms with Crippen LogP contribution in [-0.4, -0.2) is 35.2 Å². The Labute approximate surface area is 294 Å². The SMILES string of the molecule is CCOC(=O)Cc1cc(C(=O)c2ccco2)sc1-c1ccc(C#N)cc1.N#Cc1ccc(-c2sc(C(=O)c3ccco3)cc2CC(=O)O)cc1. The Morgan fingerprint density at radius 2 is 1.14 bits per heavy atom. The molecule has 10 nitrogen and oxygen atoms in total. The van der Waals surface area contributed by atoms with Crippen molar-refractivity contribution in [2.45, 2.75) is 19.8 Å². The van der Waals surface area contributed by atoms with Crippen LogP contribution in [0.3, 0.4) is 0 Å². The van der Waals surface area contributed by atoms with Gasteiger partial charge in [0, 0.05) is 9.75 Å². The van der Waals surface area contributed by atoms with Crippen LogP contribution in [0.1, 0.15) is 60.0 Å². The van der Waals surface area contributed by atoms with Gasteiger partial charge in [0.1, 0.15) is 0 Å². The van der Waals surface area contributed by atoms with E-state index in [9.17, 15) is 19.2 Å². The lowest BCUT2D eigenvalue weighted by atomic mass is 10.1. The molecular formula is C38H26N2O8S2. The minimum atomic E-state index is -0.973. The Kier molecular flexibility index (Phi) is 11.3. The van der Waals surface area contributed by atoms with E-state index < -0.39 is 5.97 Å². The fraction of sp³-hybridized carbons (Fsp3) is 0.105.